The zero-order valence-electron chi connectivity index (χ0n) is 11.7. The van der Waals surface area contributed by atoms with Crippen molar-refractivity contribution >= 4 is 28.9 Å². The number of nitrogens with zero attached hydrogens (tertiary/aromatic N) is 3. The summed E-state index contributed by atoms with van der Waals surface area (Å²) in [5.41, 5.74) is 1.11. The summed E-state index contributed by atoms with van der Waals surface area (Å²) in [6.45, 7) is 4.49. The smallest absolute Gasteiger partial charge is 0.313 e. The van der Waals surface area contributed by atoms with Crippen LogP contribution in [0.4, 0.5) is 0 Å². The number of aromatic nitrogens is 3. The van der Waals surface area contributed by atoms with E-state index < -0.39 is 5.97 Å². The number of carboxylic acids is 1. The summed E-state index contributed by atoms with van der Waals surface area (Å²) in [6.07, 6.45) is 1.70. The van der Waals surface area contributed by atoms with Crippen LogP contribution >= 0.6 is 11.8 Å². The van der Waals surface area contributed by atoms with Crippen LogP contribution in [-0.2, 0) is 16.1 Å². The van der Waals surface area contributed by atoms with Gasteiger partial charge in [0.25, 0.3) is 0 Å². The highest BCUT2D eigenvalue weighted by atomic mass is 32.2. The maximum Gasteiger partial charge on any atom is 0.313 e. The number of aliphatic carboxylic acids is 1. The summed E-state index contributed by atoms with van der Waals surface area (Å²) in [4.78, 5) is 19.5. The molecular weight excluding hydrogens is 278 g/mol. The highest BCUT2D eigenvalue weighted by Gasteiger charge is 2.22. The lowest BCUT2D eigenvalue weighted by Gasteiger charge is -2.24. The minimum absolute atomic E-state index is 0.0310. The number of carboxylic acid groups (broad SMARTS) is 1. The molecule has 0 radical (unpaired) electrons. The van der Waals surface area contributed by atoms with Gasteiger partial charge < -0.3 is 14.4 Å². The lowest BCUT2D eigenvalue weighted by molar-refractivity contribution is -0.133. The van der Waals surface area contributed by atoms with Gasteiger partial charge in [-0.3, -0.25) is 4.79 Å². The number of fused-ring (bicyclic) bond motifs is 1. The molecular formula is C13H17N3O3S. The first-order valence-electron chi connectivity index (χ1n) is 6.14. The van der Waals surface area contributed by atoms with E-state index in [0.29, 0.717) is 11.7 Å². The van der Waals surface area contributed by atoms with Crippen LogP contribution in [0.5, 0.6) is 0 Å². The van der Waals surface area contributed by atoms with E-state index in [-0.39, 0.29) is 11.4 Å². The highest BCUT2D eigenvalue weighted by molar-refractivity contribution is 7.99. The molecule has 0 aliphatic rings. The Morgan fingerprint density at radius 1 is 1.55 bits per heavy atom. The van der Waals surface area contributed by atoms with E-state index in [1.54, 1.807) is 13.3 Å². The third-order valence-corrected chi connectivity index (χ3v) is 3.85. The van der Waals surface area contributed by atoms with Gasteiger partial charge in [-0.15, -0.1) is 0 Å². The molecule has 2 rings (SSSR count). The molecule has 0 aliphatic carbocycles. The van der Waals surface area contributed by atoms with E-state index in [4.69, 9.17) is 9.84 Å². The molecule has 0 saturated carbocycles. The van der Waals surface area contributed by atoms with E-state index in [1.807, 2.05) is 30.5 Å². The van der Waals surface area contributed by atoms with Gasteiger partial charge in [-0.1, -0.05) is 11.8 Å². The fourth-order valence-electron chi connectivity index (χ4n) is 1.76. The zero-order valence-corrected chi connectivity index (χ0v) is 12.5. The van der Waals surface area contributed by atoms with Gasteiger partial charge in [-0.05, 0) is 26.0 Å². The summed E-state index contributed by atoms with van der Waals surface area (Å²) in [7, 11) is 1.65. The monoisotopic (exact) mass is 295 g/mol. The maximum atomic E-state index is 10.7. The Hall–Kier alpha value is -1.60. The van der Waals surface area contributed by atoms with Crippen molar-refractivity contribution in [3.05, 3.63) is 18.3 Å². The number of ether oxygens (including phenoxy) is 1. The fourth-order valence-corrected chi connectivity index (χ4v) is 2.48. The summed E-state index contributed by atoms with van der Waals surface area (Å²) in [6, 6.07) is 3.68. The number of hydrogen-bond acceptors (Lipinski definition) is 5. The number of hydrogen-bond donors (Lipinski definition) is 1. The summed E-state index contributed by atoms with van der Waals surface area (Å²) in [5.74, 6) is -0.899. The van der Waals surface area contributed by atoms with E-state index >= 15 is 0 Å². The second-order valence-electron chi connectivity index (χ2n) is 4.97. The Kier molecular flexibility index (Phi) is 4.29. The zero-order chi connectivity index (χ0) is 14.8. The molecule has 0 bridgehead atoms. The Morgan fingerprint density at radius 3 is 2.95 bits per heavy atom. The van der Waals surface area contributed by atoms with Gasteiger partial charge in [0, 0.05) is 13.3 Å². The fraction of sp³-hybridized carbons (Fsp3) is 0.462. The van der Waals surface area contributed by atoms with Gasteiger partial charge in [0.05, 0.1) is 17.9 Å². The first-order chi connectivity index (χ1) is 9.43. The molecule has 108 valence electrons. The lowest BCUT2D eigenvalue weighted by atomic mass is 10.1. The average Bonchev–Trinajstić information content (AvgIpc) is 2.74. The van der Waals surface area contributed by atoms with Crippen molar-refractivity contribution in [3.63, 3.8) is 0 Å². The lowest BCUT2D eigenvalue weighted by Crippen LogP contribution is -2.29. The number of rotatable bonds is 6. The van der Waals surface area contributed by atoms with Crippen LogP contribution in [0.15, 0.2) is 23.5 Å². The van der Waals surface area contributed by atoms with Crippen molar-refractivity contribution < 1.29 is 14.6 Å². The summed E-state index contributed by atoms with van der Waals surface area (Å²) >= 11 is 1.19. The van der Waals surface area contributed by atoms with Gasteiger partial charge in [0.2, 0.25) is 0 Å². The third-order valence-electron chi connectivity index (χ3n) is 2.88. The van der Waals surface area contributed by atoms with Crippen molar-refractivity contribution in [1.82, 2.24) is 14.5 Å². The highest BCUT2D eigenvalue weighted by Crippen LogP contribution is 2.25. The van der Waals surface area contributed by atoms with Gasteiger partial charge >= 0.3 is 5.97 Å². The molecule has 0 aromatic carbocycles. The van der Waals surface area contributed by atoms with E-state index in [2.05, 4.69) is 9.97 Å². The minimum atomic E-state index is -0.868. The molecule has 20 heavy (non-hydrogen) atoms. The number of thioether (sulfide) groups is 1. The van der Waals surface area contributed by atoms with Crippen LogP contribution in [-0.4, -0.2) is 44.1 Å². The van der Waals surface area contributed by atoms with Gasteiger partial charge in [0.15, 0.2) is 10.8 Å². The van der Waals surface area contributed by atoms with Crippen molar-refractivity contribution in [2.75, 3.05) is 12.9 Å². The molecule has 2 aromatic heterocycles. The molecule has 6 nitrogen and oxygen atoms in total. The second-order valence-corrected chi connectivity index (χ2v) is 5.92. The Labute approximate surface area is 121 Å². The molecule has 1 N–H and O–H groups in total. The van der Waals surface area contributed by atoms with Crippen LogP contribution in [0.2, 0.25) is 0 Å². The molecule has 0 amide bonds. The van der Waals surface area contributed by atoms with Crippen molar-refractivity contribution in [3.8, 4) is 0 Å². The molecule has 0 aliphatic heterocycles. The first kappa shape index (κ1) is 14.8. The minimum Gasteiger partial charge on any atom is -0.481 e. The number of carbonyl (C=O) groups is 1. The molecule has 0 saturated heterocycles. The van der Waals surface area contributed by atoms with Crippen LogP contribution in [0.1, 0.15) is 13.8 Å². The van der Waals surface area contributed by atoms with Crippen LogP contribution < -0.4 is 0 Å². The van der Waals surface area contributed by atoms with Crippen molar-refractivity contribution in [2.45, 2.75) is 31.1 Å². The topological polar surface area (TPSA) is 77.2 Å². The van der Waals surface area contributed by atoms with Gasteiger partial charge in [-0.2, -0.15) is 0 Å². The van der Waals surface area contributed by atoms with Crippen LogP contribution in [0.3, 0.4) is 0 Å². The van der Waals surface area contributed by atoms with E-state index in [9.17, 15) is 4.79 Å². The first-order valence-corrected chi connectivity index (χ1v) is 7.12. The van der Waals surface area contributed by atoms with Gasteiger partial charge in [0.1, 0.15) is 5.52 Å². The quantitative estimate of drug-likeness (QED) is 0.822. The Bertz CT molecular complexity index is 624. The second kappa shape index (κ2) is 5.80. The molecule has 7 heteroatoms. The third kappa shape index (κ3) is 3.29. The van der Waals surface area contributed by atoms with Crippen LogP contribution in [0.25, 0.3) is 11.2 Å². The summed E-state index contributed by atoms with van der Waals surface area (Å²) in [5, 5.41) is 9.47. The largest absolute Gasteiger partial charge is 0.481 e. The molecule has 0 atom stereocenters. The average molecular weight is 295 g/mol. The molecule has 0 spiro atoms. The van der Waals surface area contributed by atoms with Crippen LogP contribution in [0, 0.1) is 0 Å². The Morgan fingerprint density at radius 2 is 2.30 bits per heavy atom. The standard InChI is InChI=1S/C13H17N3O3S/c1-13(2,19-3)8-16-11-9(5-4-6-14-11)15-12(16)20-7-10(17)18/h4-6H,7-8H2,1-3H3,(H,17,18). The number of methoxy groups -OCH3 is 1. The molecule has 0 fully saturated rings. The predicted octanol–water partition coefficient (Wildman–Crippen LogP) is 2.03. The SMILES string of the molecule is COC(C)(C)Cn1c(SCC(=O)O)nc2cccnc21. The maximum absolute atomic E-state index is 10.7. The van der Waals surface area contributed by atoms with Crippen molar-refractivity contribution in [2.24, 2.45) is 0 Å². The number of imidazole rings is 1. The van der Waals surface area contributed by atoms with Gasteiger partial charge in [-0.25, -0.2) is 9.97 Å². The molecule has 2 heterocycles. The Balaban J connectivity index is 2.41. The number of pyridine rings is 1. The normalized spacial score (nSPS) is 11.9. The van der Waals surface area contributed by atoms with E-state index in [1.165, 1.54) is 11.8 Å². The molecule has 0 unspecified atom stereocenters. The predicted molar refractivity (Wildman–Crippen MR) is 77.0 cm³/mol. The molecule has 2 aromatic rings. The summed E-state index contributed by atoms with van der Waals surface area (Å²) < 4.78 is 7.35. The van der Waals surface area contributed by atoms with E-state index in [0.717, 1.165) is 11.2 Å². The van der Waals surface area contributed by atoms with Crippen molar-refractivity contribution in [1.29, 1.82) is 0 Å².